The number of nitrogens with zero attached hydrogens (tertiary/aromatic N) is 8. The van der Waals surface area contributed by atoms with Gasteiger partial charge < -0.3 is 14.4 Å². The summed E-state index contributed by atoms with van der Waals surface area (Å²) < 4.78 is 15.3. The van der Waals surface area contributed by atoms with Gasteiger partial charge >= 0.3 is 5.97 Å². The van der Waals surface area contributed by atoms with Crippen molar-refractivity contribution in [2.75, 3.05) is 30.2 Å². The van der Waals surface area contributed by atoms with E-state index in [4.69, 9.17) is 29.6 Å². The zero-order chi connectivity index (χ0) is 37.9. The maximum atomic E-state index is 13.8. The molecular formula is C40H54N8O3SSi. The van der Waals surface area contributed by atoms with E-state index in [-0.39, 0.29) is 5.69 Å². The first-order valence-corrected chi connectivity index (χ1v) is 23.3. The number of pyridine rings is 1. The number of carbonyl (C=O) groups is 1. The summed E-state index contributed by atoms with van der Waals surface area (Å²) in [6.07, 6.45) is 8.19. The molecule has 0 radical (unpaired) electrons. The van der Waals surface area contributed by atoms with Crippen molar-refractivity contribution in [2.24, 2.45) is 5.92 Å². The Labute approximate surface area is 318 Å². The highest BCUT2D eigenvalue weighted by atomic mass is 32.1. The number of fused-ring (bicyclic) bond motifs is 1. The lowest BCUT2D eigenvalue weighted by atomic mass is 9.89. The van der Waals surface area contributed by atoms with Gasteiger partial charge in [0, 0.05) is 45.1 Å². The van der Waals surface area contributed by atoms with Crippen LogP contribution in [0, 0.1) is 19.8 Å². The van der Waals surface area contributed by atoms with Crippen molar-refractivity contribution >= 4 is 58.2 Å². The number of para-hydroxylation sites is 1. The molecule has 4 aromatic heterocycles. The molecule has 13 heteroatoms. The number of thiazole rings is 1. The summed E-state index contributed by atoms with van der Waals surface area (Å²) in [4.78, 5) is 27.4. The third-order valence-corrected chi connectivity index (χ3v) is 12.4. The number of anilines is 4. The summed E-state index contributed by atoms with van der Waals surface area (Å²) in [5.41, 5.74) is 3.98. The van der Waals surface area contributed by atoms with E-state index in [0.29, 0.717) is 42.3 Å². The monoisotopic (exact) mass is 754 g/mol. The second-order valence-corrected chi connectivity index (χ2v) is 23.0. The third kappa shape index (κ3) is 9.49. The fraction of sp³-hybridized carbons (Fsp3) is 0.500. The summed E-state index contributed by atoms with van der Waals surface area (Å²) in [6.45, 7) is 18.6. The van der Waals surface area contributed by atoms with Crippen molar-refractivity contribution < 1.29 is 14.3 Å². The smallest absolute Gasteiger partial charge is 0.358 e. The second-order valence-electron chi connectivity index (χ2n) is 16.4. The van der Waals surface area contributed by atoms with E-state index in [9.17, 15) is 4.79 Å². The first-order valence-electron chi connectivity index (χ1n) is 18.7. The van der Waals surface area contributed by atoms with E-state index < -0.39 is 19.6 Å². The first kappa shape index (κ1) is 38.5. The van der Waals surface area contributed by atoms with Crippen LogP contribution in [0.4, 0.5) is 22.6 Å². The van der Waals surface area contributed by atoms with Crippen LogP contribution in [0.2, 0.25) is 25.7 Å². The molecule has 0 aliphatic heterocycles. The van der Waals surface area contributed by atoms with Crippen molar-refractivity contribution in [3.63, 3.8) is 0 Å². The second kappa shape index (κ2) is 16.0. The summed E-state index contributed by atoms with van der Waals surface area (Å²) in [7, 11) is 0.614. The Morgan fingerprint density at radius 2 is 1.74 bits per heavy atom. The Morgan fingerprint density at radius 1 is 0.981 bits per heavy atom. The molecule has 1 aliphatic carbocycles. The van der Waals surface area contributed by atoms with Crippen LogP contribution in [-0.2, 0) is 16.0 Å². The number of benzene rings is 1. The van der Waals surface area contributed by atoms with Gasteiger partial charge in [-0.25, -0.2) is 14.8 Å². The van der Waals surface area contributed by atoms with Gasteiger partial charge in [0.2, 0.25) is 0 Å². The molecule has 0 atom stereocenters. The van der Waals surface area contributed by atoms with Crippen LogP contribution in [0.25, 0.3) is 21.3 Å². The van der Waals surface area contributed by atoms with E-state index in [1.54, 1.807) is 11.3 Å². The molecule has 53 heavy (non-hydrogen) atoms. The molecule has 1 saturated carbocycles. The van der Waals surface area contributed by atoms with Crippen LogP contribution >= 0.6 is 11.3 Å². The molecule has 6 rings (SSSR count). The van der Waals surface area contributed by atoms with Gasteiger partial charge in [0.05, 0.1) is 16.4 Å². The van der Waals surface area contributed by atoms with Crippen molar-refractivity contribution in [3.8, 4) is 11.1 Å². The van der Waals surface area contributed by atoms with Gasteiger partial charge in [-0.1, -0.05) is 62.4 Å². The Balaban J connectivity index is 1.30. The van der Waals surface area contributed by atoms with E-state index in [2.05, 4.69) is 42.4 Å². The minimum absolute atomic E-state index is 0.239. The standard InChI is InChI=1S/C40H54N8O3SSi/c1-27-23-35(44-45-37(27)47(26-50-21-22-53(7,8)9)39-42-32-17-13-14-18-33(32)52-39)46(6)34-20-19-30(36(43-34)38(49)51-40(3,4)5)31-24-41-48(28(31)2)25-29-15-11-10-12-16-29/h13-14,17-20,23-24,29H,10-12,15-16,21-22,25-26H2,1-9H3. The van der Waals surface area contributed by atoms with Crippen LogP contribution < -0.4 is 9.80 Å². The Morgan fingerprint density at radius 3 is 2.43 bits per heavy atom. The highest BCUT2D eigenvalue weighted by Gasteiger charge is 2.27. The largest absolute Gasteiger partial charge is 0.455 e. The topological polar surface area (TPSA) is 111 Å². The highest BCUT2D eigenvalue weighted by molar-refractivity contribution is 7.22. The molecule has 11 nitrogen and oxygen atoms in total. The number of aromatic nitrogens is 6. The zero-order valence-corrected chi connectivity index (χ0v) is 34.6. The van der Waals surface area contributed by atoms with Crippen LogP contribution in [0.1, 0.15) is 74.6 Å². The van der Waals surface area contributed by atoms with Crippen LogP contribution in [0.3, 0.4) is 0 Å². The molecule has 1 aliphatic rings. The minimum Gasteiger partial charge on any atom is -0.455 e. The molecule has 1 fully saturated rings. The van der Waals surface area contributed by atoms with Gasteiger partial charge in [-0.05, 0) is 95.3 Å². The van der Waals surface area contributed by atoms with Crippen LogP contribution in [-0.4, -0.2) is 70.0 Å². The van der Waals surface area contributed by atoms with Gasteiger partial charge in [0.1, 0.15) is 18.1 Å². The van der Waals surface area contributed by atoms with Crippen LogP contribution in [0.15, 0.2) is 48.7 Å². The molecule has 0 amide bonds. The molecule has 4 heterocycles. The fourth-order valence-electron chi connectivity index (χ4n) is 6.57. The summed E-state index contributed by atoms with van der Waals surface area (Å²) in [5.74, 6) is 1.94. The van der Waals surface area contributed by atoms with E-state index >= 15 is 0 Å². The molecule has 0 spiro atoms. The zero-order valence-electron chi connectivity index (χ0n) is 32.8. The molecule has 5 aromatic rings. The number of esters is 1. The van der Waals surface area contributed by atoms with Crippen molar-refractivity contribution in [1.82, 2.24) is 29.9 Å². The number of rotatable bonds is 13. The normalized spacial score (nSPS) is 14.1. The molecule has 0 N–H and O–H groups in total. The lowest BCUT2D eigenvalue weighted by Gasteiger charge is -2.25. The van der Waals surface area contributed by atoms with Crippen LogP contribution in [0.5, 0.6) is 0 Å². The molecule has 0 bridgehead atoms. The Bertz CT molecular complexity index is 2010. The Kier molecular flexibility index (Phi) is 11.7. The van der Waals surface area contributed by atoms with Gasteiger partial charge in [-0.2, -0.15) is 5.10 Å². The van der Waals surface area contributed by atoms with E-state index in [0.717, 1.165) is 44.8 Å². The molecule has 0 saturated heterocycles. The quantitative estimate of drug-likeness (QED) is 0.0499. The Hall–Kier alpha value is -4.20. The summed E-state index contributed by atoms with van der Waals surface area (Å²) >= 11 is 1.60. The first-order chi connectivity index (χ1) is 25.2. The SMILES string of the molecule is Cc1cc(N(C)c2ccc(-c3cnn(CC4CCCCC4)c3C)c(C(=O)OC(C)(C)C)n2)nnc1N(COCC[Si](C)(C)C)c1nc2ccccc2s1. The predicted octanol–water partition coefficient (Wildman–Crippen LogP) is 9.72. The van der Waals surface area contributed by atoms with Crippen molar-refractivity contribution in [2.45, 2.75) is 105 Å². The molecule has 0 unspecified atom stereocenters. The highest BCUT2D eigenvalue weighted by Crippen LogP contribution is 2.36. The van der Waals surface area contributed by atoms with Gasteiger partial charge in [0.15, 0.2) is 22.5 Å². The van der Waals surface area contributed by atoms with Gasteiger partial charge in [-0.15, -0.1) is 10.2 Å². The van der Waals surface area contributed by atoms with E-state index in [1.807, 2.05) is 87.1 Å². The maximum Gasteiger partial charge on any atom is 0.358 e. The van der Waals surface area contributed by atoms with Gasteiger partial charge in [-0.3, -0.25) is 9.58 Å². The van der Waals surface area contributed by atoms with Crippen molar-refractivity contribution in [3.05, 3.63) is 65.6 Å². The van der Waals surface area contributed by atoms with E-state index in [1.165, 1.54) is 32.1 Å². The number of hydrogen-bond acceptors (Lipinski definition) is 11. The molecule has 282 valence electrons. The number of hydrogen-bond donors (Lipinski definition) is 0. The average Bonchev–Trinajstić information content (AvgIpc) is 3.70. The minimum atomic E-state index is -1.26. The maximum absolute atomic E-state index is 13.8. The average molecular weight is 755 g/mol. The number of aryl methyl sites for hydroxylation is 1. The number of carbonyl (C=O) groups excluding carboxylic acids is 1. The predicted molar refractivity (Wildman–Crippen MR) is 218 cm³/mol. The summed E-state index contributed by atoms with van der Waals surface area (Å²) in [6, 6.07) is 15.0. The number of ether oxygens (including phenoxy) is 2. The van der Waals surface area contributed by atoms with Gasteiger partial charge in [0.25, 0.3) is 0 Å². The third-order valence-electron chi connectivity index (χ3n) is 9.64. The molecule has 1 aromatic carbocycles. The lowest BCUT2D eigenvalue weighted by molar-refractivity contribution is 0.00639. The fourth-order valence-corrected chi connectivity index (χ4v) is 8.29. The lowest BCUT2D eigenvalue weighted by Crippen LogP contribution is -2.27. The summed E-state index contributed by atoms with van der Waals surface area (Å²) in [5, 5.41) is 15.0. The molecular weight excluding hydrogens is 701 g/mol. The van der Waals surface area contributed by atoms with Crippen molar-refractivity contribution in [1.29, 1.82) is 0 Å².